The molecule has 144 valence electrons. The fraction of sp³-hybridized carbons (Fsp3) is 0.450. The number of ether oxygens (including phenoxy) is 1. The Kier molecular flexibility index (Phi) is 6.11. The zero-order valence-corrected chi connectivity index (χ0v) is 15.8. The monoisotopic (exact) mass is 370 g/mol. The number of amides is 2. The van der Waals surface area contributed by atoms with E-state index in [1.165, 1.54) is 0 Å². The molecule has 0 aliphatic carbocycles. The Hall–Kier alpha value is -2.83. The van der Waals surface area contributed by atoms with Crippen LogP contribution in [0.1, 0.15) is 54.0 Å². The first-order valence-corrected chi connectivity index (χ1v) is 9.41. The van der Waals surface area contributed by atoms with Crippen molar-refractivity contribution in [3.63, 3.8) is 0 Å². The molecule has 1 aromatic heterocycles. The lowest BCUT2D eigenvalue weighted by molar-refractivity contribution is -0.132. The van der Waals surface area contributed by atoms with E-state index in [9.17, 15) is 9.59 Å². The third-order valence-corrected chi connectivity index (χ3v) is 4.76. The third-order valence-electron chi connectivity index (χ3n) is 4.76. The molecular formula is C20H26N4O3. The second-order valence-electron chi connectivity index (χ2n) is 6.78. The van der Waals surface area contributed by atoms with E-state index < -0.39 is 0 Å². The third kappa shape index (κ3) is 4.67. The van der Waals surface area contributed by atoms with Gasteiger partial charge in [0.05, 0.1) is 6.04 Å². The predicted octanol–water partition coefficient (Wildman–Crippen LogP) is 2.60. The van der Waals surface area contributed by atoms with E-state index in [4.69, 9.17) is 4.74 Å². The lowest BCUT2D eigenvalue weighted by Crippen LogP contribution is -2.32. The van der Waals surface area contributed by atoms with Crippen molar-refractivity contribution in [2.75, 3.05) is 19.7 Å². The lowest BCUT2D eigenvalue weighted by atomic mass is 10.0. The van der Waals surface area contributed by atoms with Crippen LogP contribution in [-0.2, 0) is 4.79 Å². The molecule has 1 saturated heterocycles. The fourth-order valence-electron chi connectivity index (χ4n) is 3.26. The molecule has 1 unspecified atom stereocenters. The number of hydrogen-bond acceptors (Lipinski definition) is 4. The molecular weight excluding hydrogens is 344 g/mol. The molecule has 0 spiro atoms. The zero-order chi connectivity index (χ0) is 19.2. The first-order valence-electron chi connectivity index (χ1n) is 9.41. The van der Waals surface area contributed by atoms with Crippen molar-refractivity contribution in [1.82, 2.24) is 20.4 Å². The van der Waals surface area contributed by atoms with Gasteiger partial charge in [0.1, 0.15) is 11.4 Å². The van der Waals surface area contributed by atoms with Crippen molar-refractivity contribution in [1.29, 1.82) is 0 Å². The van der Waals surface area contributed by atoms with E-state index in [-0.39, 0.29) is 24.5 Å². The topological polar surface area (TPSA) is 87.3 Å². The van der Waals surface area contributed by atoms with Gasteiger partial charge in [-0.25, -0.2) is 0 Å². The predicted molar refractivity (Wildman–Crippen MR) is 102 cm³/mol. The molecule has 1 aliphatic rings. The Bertz CT molecular complexity index is 796. The summed E-state index contributed by atoms with van der Waals surface area (Å²) in [5.41, 5.74) is 2.04. The maximum atomic E-state index is 12.5. The number of benzene rings is 1. The number of hydrogen-bond donors (Lipinski definition) is 2. The van der Waals surface area contributed by atoms with Gasteiger partial charge in [0.25, 0.3) is 11.8 Å². The molecule has 2 aromatic rings. The summed E-state index contributed by atoms with van der Waals surface area (Å²) >= 11 is 0. The van der Waals surface area contributed by atoms with Crippen LogP contribution >= 0.6 is 0 Å². The van der Waals surface area contributed by atoms with Gasteiger partial charge in [-0.1, -0.05) is 25.1 Å². The molecule has 1 aromatic carbocycles. The van der Waals surface area contributed by atoms with Gasteiger partial charge in [-0.2, -0.15) is 5.10 Å². The number of nitrogens with one attached hydrogen (secondary N) is 2. The van der Waals surface area contributed by atoms with Gasteiger partial charge in [-0.3, -0.25) is 14.7 Å². The molecule has 27 heavy (non-hydrogen) atoms. The summed E-state index contributed by atoms with van der Waals surface area (Å²) in [7, 11) is 0. The van der Waals surface area contributed by atoms with Crippen LogP contribution in [0.15, 0.2) is 30.3 Å². The summed E-state index contributed by atoms with van der Waals surface area (Å²) in [6, 6.07) is 9.00. The smallest absolute Gasteiger partial charge is 0.272 e. The van der Waals surface area contributed by atoms with Gasteiger partial charge in [0, 0.05) is 24.3 Å². The number of aromatic nitrogens is 2. The van der Waals surface area contributed by atoms with Crippen molar-refractivity contribution in [3.05, 3.63) is 47.3 Å². The van der Waals surface area contributed by atoms with Gasteiger partial charge in [-0.15, -0.1) is 0 Å². The van der Waals surface area contributed by atoms with E-state index in [0.717, 1.165) is 37.2 Å². The molecule has 1 atom stereocenters. The van der Waals surface area contributed by atoms with E-state index in [1.807, 2.05) is 43.0 Å². The average Bonchev–Trinajstić information content (AvgIpc) is 3.36. The van der Waals surface area contributed by atoms with Crippen molar-refractivity contribution < 1.29 is 14.3 Å². The van der Waals surface area contributed by atoms with Crippen LogP contribution in [-0.4, -0.2) is 46.6 Å². The van der Waals surface area contributed by atoms with Crippen molar-refractivity contribution in [2.24, 2.45) is 0 Å². The van der Waals surface area contributed by atoms with Crippen LogP contribution in [0.3, 0.4) is 0 Å². The van der Waals surface area contributed by atoms with Crippen molar-refractivity contribution in [3.8, 4) is 5.75 Å². The van der Waals surface area contributed by atoms with E-state index >= 15 is 0 Å². The van der Waals surface area contributed by atoms with Crippen LogP contribution < -0.4 is 10.1 Å². The zero-order valence-electron chi connectivity index (χ0n) is 15.8. The highest BCUT2D eigenvalue weighted by molar-refractivity contribution is 5.92. The fourth-order valence-corrected chi connectivity index (χ4v) is 3.26. The van der Waals surface area contributed by atoms with Gasteiger partial charge < -0.3 is 15.0 Å². The van der Waals surface area contributed by atoms with Crippen LogP contribution in [0.4, 0.5) is 0 Å². The van der Waals surface area contributed by atoms with Gasteiger partial charge in [0.2, 0.25) is 0 Å². The van der Waals surface area contributed by atoms with Crippen LogP contribution in [0.2, 0.25) is 0 Å². The highest BCUT2D eigenvalue weighted by atomic mass is 16.5. The Labute approximate surface area is 159 Å². The molecule has 2 N–H and O–H groups in total. The van der Waals surface area contributed by atoms with E-state index in [2.05, 4.69) is 15.5 Å². The van der Waals surface area contributed by atoms with Crippen LogP contribution in [0.25, 0.3) is 0 Å². The second kappa shape index (κ2) is 8.70. The second-order valence-corrected chi connectivity index (χ2v) is 6.78. The summed E-state index contributed by atoms with van der Waals surface area (Å²) < 4.78 is 5.82. The average molecular weight is 370 g/mol. The standard InChI is InChI=1S/C20H26N4O3/c1-3-16(21-20(26)17-12-14(2)22-23-17)15-8-4-5-9-18(15)27-13-19(25)24-10-6-7-11-24/h4-5,8-9,12,16H,3,6-7,10-11,13H2,1-2H3,(H,21,26)(H,22,23). The molecule has 3 rings (SSSR count). The lowest BCUT2D eigenvalue weighted by Gasteiger charge is -2.21. The number of nitrogens with zero attached hydrogens (tertiary/aromatic N) is 2. The molecule has 2 amide bonds. The number of likely N-dealkylation sites (tertiary alicyclic amines) is 1. The number of H-pyrrole nitrogens is 1. The molecule has 0 radical (unpaired) electrons. The first kappa shape index (κ1) is 18.9. The van der Waals surface area contributed by atoms with E-state index in [1.54, 1.807) is 6.07 Å². The minimum atomic E-state index is -0.242. The summed E-state index contributed by atoms with van der Waals surface area (Å²) in [6.07, 6.45) is 2.80. The normalized spacial score (nSPS) is 14.8. The Morgan fingerprint density at radius 1 is 1.30 bits per heavy atom. The summed E-state index contributed by atoms with van der Waals surface area (Å²) in [6.45, 7) is 5.47. The summed E-state index contributed by atoms with van der Waals surface area (Å²) in [5.74, 6) is 0.385. The SMILES string of the molecule is CCC(NC(=O)c1cc(C)[nH]n1)c1ccccc1OCC(=O)N1CCCC1. The summed E-state index contributed by atoms with van der Waals surface area (Å²) in [5, 5.41) is 9.78. The van der Waals surface area contributed by atoms with Gasteiger partial charge in [-0.05, 0) is 38.3 Å². The van der Waals surface area contributed by atoms with Crippen LogP contribution in [0, 0.1) is 6.92 Å². The number of para-hydroxylation sites is 1. The number of carbonyl (C=O) groups is 2. The highest BCUT2D eigenvalue weighted by Gasteiger charge is 2.21. The molecule has 0 bridgehead atoms. The number of carbonyl (C=O) groups excluding carboxylic acids is 2. The minimum absolute atomic E-state index is 0.00591. The molecule has 0 saturated carbocycles. The summed E-state index contributed by atoms with van der Waals surface area (Å²) in [4.78, 5) is 26.5. The van der Waals surface area contributed by atoms with Crippen LogP contribution in [0.5, 0.6) is 5.75 Å². The molecule has 2 heterocycles. The van der Waals surface area contributed by atoms with Gasteiger partial charge >= 0.3 is 0 Å². The number of aryl methyl sites for hydroxylation is 1. The van der Waals surface area contributed by atoms with E-state index in [0.29, 0.717) is 17.9 Å². The number of rotatable bonds is 7. The van der Waals surface area contributed by atoms with Crippen molar-refractivity contribution >= 4 is 11.8 Å². The highest BCUT2D eigenvalue weighted by Crippen LogP contribution is 2.27. The molecule has 1 aliphatic heterocycles. The molecule has 7 heteroatoms. The Morgan fingerprint density at radius 2 is 2.04 bits per heavy atom. The largest absolute Gasteiger partial charge is 0.483 e. The quantitative estimate of drug-likeness (QED) is 0.784. The maximum absolute atomic E-state index is 12.5. The number of aromatic amines is 1. The van der Waals surface area contributed by atoms with Gasteiger partial charge in [0.15, 0.2) is 6.61 Å². The Morgan fingerprint density at radius 3 is 2.70 bits per heavy atom. The molecule has 7 nitrogen and oxygen atoms in total. The van der Waals surface area contributed by atoms with Crippen molar-refractivity contribution in [2.45, 2.75) is 39.2 Å². The maximum Gasteiger partial charge on any atom is 0.272 e. The first-order chi connectivity index (χ1) is 13.1. The molecule has 1 fully saturated rings. The minimum Gasteiger partial charge on any atom is -0.483 e. The Balaban J connectivity index is 1.68.